The lowest BCUT2D eigenvalue weighted by Crippen LogP contribution is -2.13. The van der Waals surface area contributed by atoms with Gasteiger partial charge >= 0.3 is 0 Å². The summed E-state index contributed by atoms with van der Waals surface area (Å²) in [5.74, 6) is -0.918. The van der Waals surface area contributed by atoms with Crippen molar-refractivity contribution < 1.29 is 14.0 Å². The summed E-state index contributed by atoms with van der Waals surface area (Å²) >= 11 is 6.34. The number of ketones is 1. The fourth-order valence-electron chi connectivity index (χ4n) is 2.52. The summed E-state index contributed by atoms with van der Waals surface area (Å²) in [4.78, 5) is 24.1. The van der Waals surface area contributed by atoms with Crippen LogP contribution >= 0.6 is 11.6 Å². The Kier molecular flexibility index (Phi) is 4.86. The van der Waals surface area contributed by atoms with Gasteiger partial charge < -0.3 is 5.32 Å². The Morgan fingerprint density at radius 3 is 2.50 bits per heavy atom. The van der Waals surface area contributed by atoms with Crippen LogP contribution in [0.25, 0.3) is 5.69 Å². The number of hydrogen-bond acceptors (Lipinski definition) is 3. The minimum absolute atomic E-state index is 0.0977. The summed E-state index contributed by atoms with van der Waals surface area (Å²) in [7, 11) is 0. The van der Waals surface area contributed by atoms with Gasteiger partial charge in [-0.1, -0.05) is 23.7 Å². The molecule has 1 N–H and O–H groups in total. The van der Waals surface area contributed by atoms with Crippen LogP contribution in [0, 0.1) is 12.7 Å². The van der Waals surface area contributed by atoms with E-state index in [-0.39, 0.29) is 22.3 Å². The molecule has 0 fully saturated rings. The fraction of sp³-hybridized carbons (Fsp3) is 0.105. The minimum Gasteiger partial charge on any atom is -0.322 e. The normalized spacial score (nSPS) is 10.6. The van der Waals surface area contributed by atoms with Gasteiger partial charge in [-0.05, 0) is 50.2 Å². The second kappa shape index (κ2) is 7.09. The van der Waals surface area contributed by atoms with Gasteiger partial charge in [-0.2, -0.15) is 5.10 Å². The zero-order valence-electron chi connectivity index (χ0n) is 14.1. The number of anilines is 1. The summed E-state index contributed by atoms with van der Waals surface area (Å²) < 4.78 is 14.5. The maximum Gasteiger partial charge on any atom is 0.260 e. The minimum atomic E-state index is -0.443. The number of rotatable bonds is 4. The van der Waals surface area contributed by atoms with Crippen LogP contribution in [0.2, 0.25) is 5.15 Å². The third-order valence-electron chi connectivity index (χ3n) is 3.83. The molecule has 132 valence electrons. The van der Waals surface area contributed by atoms with Gasteiger partial charge in [0.25, 0.3) is 5.91 Å². The number of hydrogen-bond donors (Lipinski definition) is 1. The molecule has 0 atom stereocenters. The Morgan fingerprint density at radius 2 is 1.85 bits per heavy atom. The molecule has 1 amide bonds. The van der Waals surface area contributed by atoms with E-state index in [1.54, 1.807) is 31.2 Å². The quantitative estimate of drug-likeness (QED) is 0.690. The van der Waals surface area contributed by atoms with E-state index in [1.807, 2.05) is 0 Å². The number of aromatic nitrogens is 2. The molecule has 0 aliphatic carbocycles. The molecular weight excluding hydrogens is 357 g/mol. The molecule has 1 heterocycles. The highest BCUT2D eigenvalue weighted by molar-refractivity contribution is 6.34. The molecule has 0 aliphatic rings. The molecule has 0 saturated carbocycles. The first kappa shape index (κ1) is 17.8. The van der Waals surface area contributed by atoms with Crippen molar-refractivity contribution in [3.8, 4) is 5.69 Å². The predicted molar refractivity (Wildman–Crippen MR) is 97.7 cm³/mol. The Hall–Kier alpha value is -2.99. The summed E-state index contributed by atoms with van der Waals surface area (Å²) in [5, 5.41) is 7.11. The van der Waals surface area contributed by atoms with E-state index in [0.717, 1.165) is 0 Å². The number of Topliss-reactive ketones (excluding diaryl/α,β-unsaturated/α-hetero) is 1. The van der Waals surface area contributed by atoms with Crippen LogP contribution in [0.3, 0.4) is 0 Å². The lowest BCUT2D eigenvalue weighted by atomic mass is 10.1. The number of halogens is 2. The number of amides is 1. The van der Waals surface area contributed by atoms with Crippen LogP contribution in [0.5, 0.6) is 0 Å². The Bertz CT molecular complexity index is 997. The molecular formula is C19H15ClFN3O2. The van der Waals surface area contributed by atoms with Crippen LogP contribution in [-0.4, -0.2) is 21.5 Å². The first-order chi connectivity index (χ1) is 12.4. The smallest absolute Gasteiger partial charge is 0.260 e. The van der Waals surface area contributed by atoms with Crippen molar-refractivity contribution >= 4 is 29.0 Å². The maximum absolute atomic E-state index is 13.1. The Morgan fingerprint density at radius 1 is 1.15 bits per heavy atom. The largest absolute Gasteiger partial charge is 0.322 e. The summed E-state index contributed by atoms with van der Waals surface area (Å²) in [6.45, 7) is 3.11. The van der Waals surface area contributed by atoms with Crippen molar-refractivity contribution in [2.75, 3.05) is 5.32 Å². The monoisotopic (exact) mass is 371 g/mol. The molecule has 3 rings (SSSR count). The number of benzene rings is 2. The van der Waals surface area contributed by atoms with Crippen molar-refractivity contribution in [2.45, 2.75) is 13.8 Å². The molecule has 0 radical (unpaired) electrons. The van der Waals surface area contributed by atoms with Gasteiger partial charge in [-0.3, -0.25) is 9.59 Å². The van der Waals surface area contributed by atoms with Crippen LogP contribution in [0.1, 0.15) is 33.3 Å². The molecule has 0 spiro atoms. The summed E-state index contributed by atoms with van der Waals surface area (Å²) in [6.07, 6.45) is 0. The highest BCUT2D eigenvalue weighted by Crippen LogP contribution is 2.25. The van der Waals surface area contributed by atoms with E-state index >= 15 is 0 Å². The third kappa shape index (κ3) is 3.50. The standard InChI is InChI=1S/C19H15ClFN3O2/c1-11-17(18(20)24(23-11)16-8-6-14(21)7-9-16)19(26)22-15-5-3-4-13(10-15)12(2)25/h3-10H,1-2H3,(H,22,26). The maximum atomic E-state index is 13.1. The molecule has 5 nitrogen and oxygen atoms in total. The van der Waals surface area contributed by atoms with Gasteiger partial charge in [0.05, 0.1) is 11.4 Å². The van der Waals surface area contributed by atoms with Gasteiger partial charge in [0.1, 0.15) is 16.5 Å². The molecule has 7 heteroatoms. The lowest BCUT2D eigenvalue weighted by molar-refractivity contribution is 0.101. The average Bonchev–Trinajstić information content (AvgIpc) is 2.90. The molecule has 0 bridgehead atoms. The van der Waals surface area contributed by atoms with E-state index in [1.165, 1.54) is 35.9 Å². The van der Waals surface area contributed by atoms with E-state index in [4.69, 9.17) is 11.6 Å². The molecule has 0 aliphatic heterocycles. The zero-order chi connectivity index (χ0) is 18.8. The van der Waals surface area contributed by atoms with Gasteiger partial charge in [0, 0.05) is 11.3 Å². The molecule has 1 aromatic heterocycles. The SMILES string of the molecule is CC(=O)c1cccc(NC(=O)c2c(C)nn(-c3ccc(F)cc3)c2Cl)c1. The first-order valence-corrected chi connectivity index (χ1v) is 8.18. The fourth-order valence-corrected chi connectivity index (χ4v) is 2.88. The number of aryl methyl sites for hydroxylation is 1. The number of nitrogens with zero attached hydrogens (tertiary/aromatic N) is 2. The summed E-state index contributed by atoms with van der Waals surface area (Å²) in [6, 6.07) is 12.2. The van der Waals surface area contributed by atoms with Gasteiger partial charge in [0.15, 0.2) is 5.78 Å². The van der Waals surface area contributed by atoms with Crippen molar-refractivity contribution in [1.82, 2.24) is 9.78 Å². The van der Waals surface area contributed by atoms with Crippen LogP contribution in [0.15, 0.2) is 48.5 Å². The number of nitrogens with one attached hydrogen (secondary N) is 1. The van der Waals surface area contributed by atoms with E-state index in [9.17, 15) is 14.0 Å². The number of carbonyl (C=O) groups is 2. The third-order valence-corrected chi connectivity index (χ3v) is 4.18. The van der Waals surface area contributed by atoms with Crippen molar-refractivity contribution in [2.24, 2.45) is 0 Å². The van der Waals surface area contributed by atoms with E-state index < -0.39 is 5.91 Å². The van der Waals surface area contributed by atoms with Crippen molar-refractivity contribution in [3.05, 3.63) is 76.3 Å². The van der Waals surface area contributed by atoms with Gasteiger partial charge in [0.2, 0.25) is 0 Å². The second-order valence-electron chi connectivity index (χ2n) is 5.73. The molecule has 0 unspecified atom stereocenters. The van der Waals surface area contributed by atoms with Crippen LogP contribution in [-0.2, 0) is 0 Å². The molecule has 3 aromatic rings. The predicted octanol–water partition coefficient (Wildman–Crippen LogP) is 4.43. The summed E-state index contributed by atoms with van der Waals surface area (Å²) in [5.41, 5.74) is 2.15. The van der Waals surface area contributed by atoms with Gasteiger partial charge in [-0.15, -0.1) is 0 Å². The molecule has 2 aromatic carbocycles. The molecule has 26 heavy (non-hydrogen) atoms. The zero-order valence-corrected chi connectivity index (χ0v) is 14.8. The number of carbonyl (C=O) groups excluding carboxylic acids is 2. The van der Waals surface area contributed by atoms with Crippen LogP contribution in [0.4, 0.5) is 10.1 Å². The highest BCUT2D eigenvalue weighted by atomic mass is 35.5. The van der Waals surface area contributed by atoms with Crippen molar-refractivity contribution in [3.63, 3.8) is 0 Å². The van der Waals surface area contributed by atoms with Crippen molar-refractivity contribution in [1.29, 1.82) is 0 Å². The molecule has 0 saturated heterocycles. The van der Waals surface area contributed by atoms with Gasteiger partial charge in [-0.25, -0.2) is 9.07 Å². The Balaban J connectivity index is 1.92. The highest BCUT2D eigenvalue weighted by Gasteiger charge is 2.21. The topological polar surface area (TPSA) is 64.0 Å². The van der Waals surface area contributed by atoms with E-state index in [0.29, 0.717) is 22.6 Å². The van der Waals surface area contributed by atoms with Crippen LogP contribution < -0.4 is 5.32 Å². The second-order valence-corrected chi connectivity index (χ2v) is 6.09. The Labute approximate surface area is 154 Å². The van der Waals surface area contributed by atoms with E-state index in [2.05, 4.69) is 10.4 Å². The lowest BCUT2D eigenvalue weighted by Gasteiger charge is -2.07. The first-order valence-electron chi connectivity index (χ1n) is 7.80. The average molecular weight is 372 g/mol.